The van der Waals surface area contributed by atoms with E-state index in [2.05, 4.69) is 32.2 Å². The van der Waals surface area contributed by atoms with Gasteiger partial charge in [0.2, 0.25) is 0 Å². The molecule has 0 aliphatic rings. The van der Waals surface area contributed by atoms with Crippen LogP contribution in [-0.4, -0.2) is 26.0 Å². The van der Waals surface area contributed by atoms with Crippen LogP contribution in [0.2, 0.25) is 5.02 Å². The summed E-state index contributed by atoms with van der Waals surface area (Å²) >= 11 is 7.85. The molecule has 20 heavy (non-hydrogen) atoms. The topological polar surface area (TPSA) is 66.5 Å². The summed E-state index contributed by atoms with van der Waals surface area (Å²) in [5.41, 5.74) is 1.51. The molecule has 3 rings (SSSR count). The van der Waals surface area contributed by atoms with Gasteiger partial charge >= 0.3 is 0 Å². The van der Waals surface area contributed by atoms with E-state index in [9.17, 15) is 0 Å². The molecule has 2 N–H and O–H groups in total. The Hall–Kier alpha value is -1.66. The van der Waals surface area contributed by atoms with E-state index in [0.29, 0.717) is 5.65 Å². The maximum atomic E-state index is 6.16. The van der Waals surface area contributed by atoms with Gasteiger partial charge in [-0.2, -0.15) is 0 Å². The molecule has 0 spiro atoms. The largest absolute Gasteiger partial charge is 0.365 e. The van der Waals surface area contributed by atoms with E-state index in [1.54, 1.807) is 17.7 Å². The number of aromatic amines is 1. The highest BCUT2D eigenvalue weighted by Gasteiger charge is 2.14. The smallest absolute Gasteiger partial charge is 0.182 e. The lowest BCUT2D eigenvalue weighted by molar-refractivity contribution is 0.694. The standard InChI is InChI=1S/C13H14ClN5S/c1-2-8(5-10-9(14)3-4-20-10)19-13-11-12(16-6-15-11)17-7-18-13/h3-4,6-8H,2,5H2,1H3,(H2,15,16,17,18,19)/t8-/m1/s1. The first-order valence-electron chi connectivity index (χ1n) is 6.40. The minimum atomic E-state index is 0.271. The van der Waals surface area contributed by atoms with Gasteiger partial charge in [-0.3, -0.25) is 0 Å². The van der Waals surface area contributed by atoms with Gasteiger partial charge in [0.1, 0.15) is 11.8 Å². The number of nitrogens with one attached hydrogen (secondary N) is 2. The van der Waals surface area contributed by atoms with Crippen molar-refractivity contribution >= 4 is 39.9 Å². The number of aromatic nitrogens is 4. The van der Waals surface area contributed by atoms with Crippen LogP contribution in [0.4, 0.5) is 5.82 Å². The van der Waals surface area contributed by atoms with Crippen molar-refractivity contribution in [1.82, 2.24) is 19.9 Å². The maximum Gasteiger partial charge on any atom is 0.182 e. The number of hydrogen-bond donors (Lipinski definition) is 2. The highest BCUT2D eigenvalue weighted by atomic mass is 35.5. The quantitative estimate of drug-likeness (QED) is 0.757. The number of anilines is 1. The third-order valence-electron chi connectivity index (χ3n) is 3.18. The summed E-state index contributed by atoms with van der Waals surface area (Å²) in [6, 6.07) is 2.21. The third-order valence-corrected chi connectivity index (χ3v) is 4.59. The second-order valence-corrected chi connectivity index (χ2v) is 5.88. The van der Waals surface area contributed by atoms with Gasteiger partial charge in [0.15, 0.2) is 11.5 Å². The fourth-order valence-electron chi connectivity index (χ4n) is 2.06. The molecule has 1 atom stereocenters. The second kappa shape index (κ2) is 5.76. The minimum absolute atomic E-state index is 0.271. The molecule has 7 heteroatoms. The predicted molar refractivity (Wildman–Crippen MR) is 82.4 cm³/mol. The number of rotatable bonds is 5. The molecule has 0 aliphatic carbocycles. The lowest BCUT2D eigenvalue weighted by atomic mass is 10.1. The zero-order chi connectivity index (χ0) is 13.9. The number of hydrogen-bond acceptors (Lipinski definition) is 5. The molecular weight excluding hydrogens is 294 g/mol. The van der Waals surface area contributed by atoms with Crippen molar-refractivity contribution in [3.63, 3.8) is 0 Å². The molecule has 3 heterocycles. The molecule has 0 saturated heterocycles. The van der Waals surface area contributed by atoms with Crippen LogP contribution < -0.4 is 5.32 Å². The lowest BCUT2D eigenvalue weighted by Crippen LogP contribution is -2.22. The predicted octanol–water partition coefficient (Wildman–Crippen LogP) is 3.50. The first-order valence-corrected chi connectivity index (χ1v) is 7.66. The molecule has 0 aromatic carbocycles. The van der Waals surface area contributed by atoms with Crippen molar-refractivity contribution in [3.8, 4) is 0 Å². The summed E-state index contributed by atoms with van der Waals surface area (Å²) in [5.74, 6) is 0.784. The monoisotopic (exact) mass is 307 g/mol. The molecule has 5 nitrogen and oxygen atoms in total. The number of halogens is 1. The number of nitrogens with zero attached hydrogens (tertiary/aromatic N) is 3. The van der Waals surface area contributed by atoms with Crippen molar-refractivity contribution in [3.05, 3.63) is 34.0 Å². The van der Waals surface area contributed by atoms with Gasteiger partial charge < -0.3 is 10.3 Å². The van der Waals surface area contributed by atoms with E-state index < -0.39 is 0 Å². The Morgan fingerprint density at radius 1 is 1.40 bits per heavy atom. The molecule has 0 unspecified atom stereocenters. The van der Waals surface area contributed by atoms with Crippen molar-refractivity contribution in [2.75, 3.05) is 5.32 Å². The number of thiophene rings is 1. The van der Waals surface area contributed by atoms with Gasteiger partial charge in [0, 0.05) is 17.3 Å². The van der Waals surface area contributed by atoms with Crippen LogP contribution in [0.1, 0.15) is 18.2 Å². The zero-order valence-corrected chi connectivity index (χ0v) is 12.5. The van der Waals surface area contributed by atoms with Gasteiger partial charge in [-0.25, -0.2) is 15.0 Å². The van der Waals surface area contributed by atoms with Crippen LogP contribution >= 0.6 is 22.9 Å². The lowest BCUT2D eigenvalue weighted by Gasteiger charge is -2.17. The van der Waals surface area contributed by atoms with Crippen LogP contribution in [0.25, 0.3) is 11.2 Å². The Balaban J connectivity index is 1.81. The van der Waals surface area contributed by atoms with Gasteiger partial charge in [-0.05, 0) is 17.9 Å². The number of fused-ring (bicyclic) bond motifs is 1. The van der Waals surface area contributed by atoms with E-state index in [1.165, 1.54) is 11.2 Å². The van der Waals surface area contributed by atoms with E-state index in [-0.39, 0.29) is 6.04 Å². The Kier molecular flexibility index (Phi) is 3.84. The van der Waals surface area contributed by atoms with Crippen LogP contribution in [-0.2, 0) is 6.42 Å². The van der Waals surface area contributed by atoms with Crippen molar-refractivity contribution in [2.45, 2.75) is 25.8 Å². The molecule has 0 saturated carbocycles. The van der Waals surface area contributed by atoms with Gasteiger partial charge in [0.25, 0.3) is 0 Å². The molecule has 3 aromatic rings. The van der Waals surface area contributed by atoms with Crippen molar-refractivity contribution in [1.29, 1.82) is 0 Å². The second-order valence-electron chi connectivity index (χ2n) is 4.47. The summed E-state index contributed by atoms with van der Waals surface area (Å²) in [5, 5.41) is 6.30. The van der Waals surface area contributed by atoms with Crippen molar-refractivity contribution < 1.29 is 0 Å². The number of imidazole rings is 1. The normalized spacial score (nSPS) is 12.7. The highest BCUT2D eigenvalue weighted by molar-refractivity contribution is 7.10. The van der Waals surface area contributed by atoms with E-state index in [4.69, 9.17) is 11.6 Å². The van der Waals surface area contributed by atoms with Crippen LogP contribution in [0, 0.1) is 0 Å². The Morgan fingerprint density at radius 2 is 2.30 bits per heavy atom. The summed E-state index contributed by atoms with van der Waals surface area (Å²) < 4.78 is 0. The average Bonchev–Trinajstić information content (AvgIpc) is 3.08. The molecule has 104 valence electrons. The van der Waals surface area contributed by atoms with Gasteiger partial charge in [-0.1, -0.05) is 18.5 Å². The Bertz CT molecular complexity index is 707. The SMILES string of the molecule is CC[C@H](Cc1sccc1Cl)Nc1ncnc2nc[nH]c12. The summed E-state index contributed by atoms with van der Waals surface area (Å²) in [6.07, 6.45) is 5.01. The first kappa shape index (κ1) is 13.3. The van der Waals surface area contributed by atoms with E-state index in [1.807, 2.05) is 11.4 Å². The molecule has 0 fully saturated rings. The van der Waals surface area contributed by atoms with Gasteiger partial charge in [0.05, 0.1) is 11.3 Å². The zero-order valence-electron chi connectivity index (χ0n) is 10.9. The highest BCUT2D eigenvalue weighted by Crippen LogP contribution is 2.25. The van der Waals surface area contributed by atoms with Crippen LogP contribution in [0.3, 0.4) is 0 Å². The molecular formula is C13H14ClN5S. The third kappa shape index (κ3) is 2.62. The Labute approximate surface area is 125 Å². The summed E-state index contributed by atoms with van der Waals surface area (Å²) in [7, 11) is 0. The van der Waals surface area contributed by atoms with Crippen molar-refractivity contribution in [2.24, 2.45) is 0 Å². The molecule has 0 amide bonds. The fourth-order valence-corrected chi connectivity index (χ4v) is 3.25. The fraction of sp³-hybridized carbons (Fsp3) is 0.308. The summed E-state index contributed by atoms with van der Waals surface area (Å²) in [6.45, 7) is 2.14. The van der Waals surface area contributed by atoms with E-state index >= 15 is 0 Å². The van der Waals surface area contributed by atoms with Gasteiger partial charge in [-0.15, -0.1) is 11.3 Å². The number of H-pyrrole nitrogens is 1. The molecule has 0 aliphatic heterocycles. The van der Waals surface area contributed by atoms with Crippen LogP contribution in [0.5, 0.6) is 0 Å². The molecule has 3 aromatic heterocycles. The Morgan fingerprint density at radius 3 is 3.05 bits per heavy atom. The summed E-state index contributed by atoms with van der Waals surface area (Å²) in [4.78, 5) is 16.8. The van der Waals surface area contributed by atoms with Crippen LogP contribution in [0.15, 0.2) is 24.1 Å². The minimum Gasteiger partial charge on any atom is -0.365 e. The molecule has 0 bridgehead atoms. The first-order chi connectivity index (χ1) is 9.78. The van der Waals surface area contributed by atoms with E-state index in [0.717, 1.165) is 29.2 Å². The maximum absolute atomic E-state index is 6.16. The average molecular weight is 308 g/mol. The molecule has 0 radical (unpaired) electrons.